The highest BCUT2D eigenvalue weighted by atomic mass is 79.9. The fourth-order valence-corrected chi connectivity index (χ4v) is 5.90. The Morgan fingerprint density at radius 3 is 1.95 bits per heavy atom. The Morgan fingerprint density at radius 2 is 1.41 bits per heavy atom. The SMILES string of the molecule is Cc1ccc(S(=O)(=O)N(CC(=O)N(Cc2ccc(Br)cc2)C(C)C(=O)NC(C)C)c2cc(C)cc(C)c2)cc1. The van der Waals surface area contributed by atoms with Gasteiger partial charge >= 0.3 is 0 Å². The zero-order valence-corrected chi connectivity index (χ0v) is 25.6. The Morgan fingerprint density at radius 1 is 0.846 bits per heavy atom. The fraction of sp³-hybridized carbons (Fsp3) is 0.333. The van der Waals surface area contributed by atoms with Gasteiger partial charge in [-0.1, -0.05) is 51.8 Å². The first-order valence-electron chi connectivity index (χ1n) is 12.8. The van der Waals surface area contributed by atoms with Gasteiger partial charge in [0.2, 0.25) is 11.8 Å². The summed E-state index contributed by atoms with van der Waals surface area (Å²) in [5.41, 5.74) is 3.88. The van der Waals surface area contributed by atoms with Crippen LogP contribution in [0.2, 0.25) is 0 Å². The van der Waals surface area contributed by atoms with Crippen LogP contribution in [0, 0.1) is 20.8 Å². The first-order valence-corrected chi connectivity index (χ1v) is 15.0. The molecule has 0 saturated heterocycles. The van der Waals surface area contributed by atoms with E-state index in [4.69, 9.17) is 0 Å². The topological polar surface area (TPSA) is 86.8 Å². The third-order valence-electron chi connectivity index (χ3n) is 6.25. The minimum Gasteiger partial charge on any atom is -0.352 e. The summed E-state index contributed by atoms with van der Waals surface area (Å²) in [4.78, 5) is 28.5. The van der Waals surface area contributed by atoms with E-state index in [0.717, 1.165) is 31.0 Å². The number of amides is 2. The number of benzene rings is 3. The van der Waals surface area contributed by atoms with E-state index < -0.39 is 28.5 Å². The second kappa shape index (κ2) is 12.8. The molecule has 0 heterocycles. The fourth-order valence-electron chi connectivity index (χ4n) is 4.24. The van der Waals surface area contributed by atoms with E-state index in [2.05, 4.69) is 21.2 Å². The molecule has 1 N–H and O–H groups in total. The minimum atomic E-state index is -4.10. The summed E-state index contributed by atoms with van der Waals surface area (Å²) in [6, 6.07) is 18.5. The van der Waals surface area contributed by atoms with Gasteiger partial charge in [0.05, 0.1) is 10.6 Å². The summed E-state index contributed by atoms with van der Waals surface area (Å²) < 4.78 is 29.9. The van der Waals surface area contributed by atoms with E-state index in [-0.39, 0.29) is 23.4 Å². The van der Waals surface area contributed by atoms with Gasteiger partial charge in [-0.25, -0.2) is 8.42 Å². The van der Waals surface area contributed by atoms with Crippen molar-refractivity contribution < 1.29 is 18.0 Å². The minimum absolute atomic E-state index is 0.0881. The monoisotopic (exact) mass is 613 g/mol. The largest absolute Gasteiger partial charge is 0.352 e. The van der Waals surface area contributed by atoms with Crippen molar-refractivity contribution >= 4 is 43.5 Å². The molecular weight excluding hydrogens is 578 g/mol. The predicted octanol–water partition coefficient (Wildman–Crippen LogP) is 5.51. The highest BCUT2D eigenvalue weighted by Crippen LogP contribution is 2.27. The molecule has 208 valence electrons. The van der Waals surface area contributed by atoms with Gasteiger partial charge in [0, 0.05) is 17.1 Å². The van der Waals surface area contributed by atoms with Gasteiger partial charge in [-0.15, -0.1) is 0 Å². The molecule has 1 atom stereocenters. The van der Waals surface area contributed by atoms with E-state index in [1.807, 2.05) is 65.0 Å². The Bertz CT molecular complexity index is 1400. The molecule has 7 nitrogen and oxygen atoms in total. The summed E-state index contributed by atoms with van der Waals surface area (Å²) >= 11 is 3.42. The van der Waals surface area contributed by atoms with E-state index in [0.29, 0.717) is 5.69 Å². The van der Waals surface area contributed by atoms with E-state index in [1.54, 1.807) is 43.3 Å². The van der Waals surface area contributed by atoms with Gasteiger partial charge in [-0.05, 0) is 94.6 Å². The number of nitrogens with one attached hydrogen (secondary N) is 1. The molecule has 0 radical (unpaired) electrons. The van der Waals surface area contributed by atoms with Crippen LogP contribution in [0.15, 0.2) is 76.1 Å². The van der Waals surface area contributed by atoms with Crippen LogP contribution in [0.1, 0.15) is 43.0 Å². The first kappa shape index (κ1) is 30.4. The molecule has 1 unspecified atom stereocenters. The van der Waals surface area contributed by atoms with Crippen LogP contribution in [-0.2, 0) is 26.2 Å². The number of anilines is 1. The molecule has 3 aromatic carbocycles. The van der Waals surface area contributed by atoms with Gasteiger partial charge < -0.3 is 10.2 Å². The van der Waals surface area contributed by atoms with Crippen molar-refractivity contribution in [2.45, 2.75) is 65.1 Å². The van der Waals surface area contributed by atoms with E-state index in [9.17, 15) is 18.0 Å². The Labute approximate surface area is 240 Å². The highest BCUT2D eigenvalue weighted by Gasteiger charge is 2.32. The Balaban J connectivity index is 2.06. The van der Waals surface area contributed by atoms with Gasteiger partial charge in [-0.2, -0.15) is 0 Å². The van der Waals surface area contributed by atoms with Crippen molar-refractivity contribution in [3.8, 4) is 0 Å². The third-order valence-corrected chi connectivity index (χ3v) is 8.56. The average molecular weight is 615 g/mol. The van der Waals surface area contributed by atoms with Gasteiger partial charge in [-0.3, -0.25) is 13.9 Å². The van der Waals surface area contributed by atoms with Crippen LogP contribution in [-0.4, -0.2) is 43.8 Å². The molecule has 0 aliphatic carbocycles. The standard InChI is InChI=1S/C30H36BrN3O4S/c1-20(2)32-30(36)24(6)33(18-25-9-11-26(31)12-10-25)29(35)19-34(27-16-22(4)15-23(5)17-27)39(37,38)28-13-7-21(3)8-14-28/h7-17,20,24H,18-19H2,1-6H3,(H,32,36). The molecule has 9 heteroatoms. The summed E-state index contributed by atoms with van der Waals surface area (Å²) in [5.74, 6) is -0.797. The molecule has 0 bridgehead atoms. The molecule has 0 aromatic heterocycles. The molecule has 0 aliphatic heterocycles. The number of halogens is 1. The lowest BCUT2D eigenvalue weighted by molar-refractivity contribution is -0.139. The molecule has 0 fully saturated rings. The number of sulfonamides is 1. The summed E-state index contributed by atoms with van der Waals surface area (Å²) in [5, 5.41) is 2.86. The molecule has 3 rings (SSSR count). The lowest BCUT2D eigenvalue weighted by Gasteiger charge is -2.32. The van der Waals surface area contributed by atoms with Crippen molar-refractivity contribution in [3.05, 3.63) is 93.5 Å². The number of carbonyl (C=O) groups excluding carboxylic acids is 2. The second-order valence-corrected chi connectivity index (χ2v) is 12.9. The van der Waals surface area contributed by atoms with Crippen LogP contribution in [0.3, 0.4) is 0 Å². The quantitative estimate of drug-likeness (QED) is 0.326. The smallest absolute Gasteiger partial charge is 0.264 e. The average Bonchev–Trinajstić information content (AvgIpc) is 2.85. The van der Waals surface area contributed by atoms with Crippen molar-refractivity contribution in [2.75, 3.05) is 10.8 Å². The number of rotatable bonds is 10. The Hall–Kier alpha value is -3.17. The summed E-state index contributed by atoms with van der Waals surface area (Å²) in [6.07, 6.45) is 0. The molecule has 2 amide bonds. The Kier molecular flexibility index (Phi) is 9.96. The van der Waals surface area contributed by atoms with Crippen molar-refractivity contribution in [3.63, 3.8) is 0 Å². The number of aryl methyl sites for hydroxylation is 3. The maximum atomic E-state index is 14.0. The highest BCUT2D eigenvalue weighted by molar-refractivity contribution is 9.10. The number of hydrogen-bond acceptors (Lipinski definition) is 4. The first-order chi connectivity index (χ1) is 18.3. The van der Waals surface area contributed by atoms with E-state index in [1.165, 1.54) is 4.90 Å². The molecule has 39 heavy (non-hydrogen) atoms. The maximum Gasteiger partial charge on any atom is 0.264 e. The lowest BCUT2D eigenvalue weighted by Crippen LogP contribution is -2.52. The molecule has 3 aromatic rings. The predicted molar refractivity (Wildman–Crippen MR) is 159 cm³/mol. The van der Waals surface area contributed by atoms with Crippen molar-refractivity contribution in [1.82, 2.24) is 10.2 Å². The summed E-state index contributed by atoms with van der Waals surface area (Å²) in [7, 11) is -4.10. The molecular formula is C30H36BrN3O4S. The van der Waals surface area contributed by atoms with Gasteiger partial charge in [0.1, 0.15) is 12.6 Å². The zero-order valence-electron chi connectivity index (χ0n) is 23.2. The van der Waals surface area contributed by atoms with E-state index >= 15 is 0 Å². The van der Waals surface area contributed by atoms with Gasteiger partial charge in [0.15, 0.2) is 0 Å². The third kappa shape index (κ3) is 7.92. The van der Waals surface area contributed by atoms with Crippen LogP contribution < -0.4 is 9.62 Å². The second-order valence-electron chi connectivity index (χ2n) is 10.2. The number of hydrogen-bond donors (Lipinski definition) is 1. The molecule has 0 saturated carbocycles. The van der Waals surface area contributed by atoms with Crippen molar-refractivity contribution in [1.29, 1.82) is 0 Å². The number of carbonyl (C=O) groups is 2. The van der Waals surface area contributed by atoms with Gasteiger partial charge in [0.25, 0.3) is 10.0 Å². The lowest BCUT2D eigenvalue weighted by atomic mass is 10.1. The van der Waals surface area contributed by atoms with Crippen molar-refractivity contribution in [2.24, 2.45) is 0 Å². The van der Waals surface area contributed by atoms with Crippen LogP contribution >= 0.6 is 15.9 Å². The van der Waals surface area contributed by atoms with Crippen LogP contribution in [0.5, 0.6) is 0 Å². The van der Waals surface area contributed by atoms with Crippen LogP contribution in [0.4, 0.5) is 5.69 Å². The normalized spacial score (nSPS) is 12.2. The van der Waals surface area contributed by atoms with Crippen LogP contribution in [0.25, 0.3) is 0 Å². The maximum absolute atomic E-state index is 14.0. The number of nitrogens with zero attached hydrogens (tertiary/aromatic N) is 2. The molecule has 0 spiro atoms. The summed E-state index contributed by atoms with van der Waals surface area (Å²) in [6.45, 7) is 10.7. The molecule has 0 aliphatic rings. The zero-order chi connectivity index (χ0) is 28.9.